The minimum Gasteiger partial charge on any atom is -0.394 e. The van der Waals surface area contributed by atoms with E-state index in [2.05, 4.69) is 25.2 Å². The molecule has 7 nitrogen and oxygen atoms in total. The summed E-state index contributed by atoms with van der Waals surface area (Å²) in [6.07, 6.45) is 9.98. The van der Waals surface area contributed by atoms with Gasteiger partial charge in [0.15, 0.2) is 0 Å². The maximum atomic E-state index is 13.0. The Bertz CT molecular complexity index is 842. The Morgan fingerprint density at radius 1 is 1.37 bits per heavy atom. The van der Waals surface area contributed by atoms with Crippen molar-refractivity contribution in [1.82, 2.24) is 20.3 Å². The van der Waals surface area contributed by atoms with E-state index >= 15 is 0 Å². The minimum absolute atomic E-state index is 0.0476. The third-order valence-electron chi connectivity index (χ3n) is 7.02. The number of rotatable bonds is 5. The first-order valence-electron chi connectivity index (χ1n) is 10.1. The molecule has 1 saturated heterocycles. The maximum absolute atomic E-state index is 13.0. The van der Waals surface area contributed by atoms with E-state index in [1.807, 2.05) is 12.3 Å². The lowest BCUT2D eigenvalue weighted by Crippen LogP contribution is -2.52. The first-order chi connectivity index (χ1) is 13.2. The summed E-state index contributed by atoms with van der Waals surface area (Å²) in [7, 11) is 0. The largest absolute Gasteiger partial charge is 0.394 e. The summed E-state index contributed by atoms with van der Waals surface area (Å²) < 4.78 is 0. The van der Waals surface area contributed by atoms with Crippen LogP contribution in [-0.2, 0) is 4.79 Å². The number of piperidine rings is 1. The molecule has 3 heterocycles. The van der Waals surface area contributed by atoms with Gasteiger partial charge in [0.2, 0.25) is 5.91 Å². The summed E-state index contributed by atoms with van der Waals surface area (Å²) in [6, 6.07) is 1.95. The van der Waals surface area contributed by atoms with Crippen molar-refractivity contribution in [2.75, 3.05) is 24.6 Å². The van der Waals surface area contributed by atoms with E-state index in [1.54, 1.807) is 6.33 Å². The average Bonchev–Trinajstić information content (AvgIpc) is 3.21. The molecule has 1 amide bonds. The van der Waals surface area contributed by atoms with E-state index in [0.29, 0.717) is 5.92 Å². The van der Waals surface area contributed by atoms with Gasteiger partial charge in [-0.05, 0) is 49.5 Å². The van der Waals surface area contributed by atoms with Gasteiger partial charge < -0.3 is 20.3 Å². The molecule has 1 spiro atoms. The van der Waals surface area contributed by atoms with Crippen molar-refractivity contribution < 1.29 is 9.90 Å². The van der Waals surface area contributed by atoms with E-state index in [1.165, 1.54) is 6.42 Å². The van der Waals surface area contributed by atoms with Gasteiger partial charge in [-0.15, -0.1) is 0 Å². The molecule has 0 aromatic carbocycles. The van der Waals surface area contributed by atoms with Crippen LogP contribution < -0.4 is 10.2 Å². The van der Waals surface area contributed by atoms with Gasteiger partial charge in [-0.25, -0.2) is 9.97 Å². The molecule has 2 atom stereocenters. The highest BCUT2D eigenvalue weighted by Gasteiger charge is 2.55. The second-order valence-corrected chi connectivity index (χ2v) is 8.55. The lowest BCUT2D eigenvalue weighted by Gasteiger charge is -2.40. The summed E-state index contributed by atoms with van der Waals surface area (Å²) in [6.45, 7) is 1.74. The quantitative estimate of drug-likeness (QED) is 0.748. The number of carbonyl (C=O) groups is 1. The Labute approximate surface area is 158 Å². The third-order valence-corrected chi connectivity index (χ3v) is 7.02. The number of anilines is 1. The molecule has 1 unspecified atom stereocenters. The predicted molar refractivity (Wildman–Crippen MR) is 102 cm³/mol. The molecule has 0 radical (unpaired) electrons. The second-order valence-electron chi connectivity index (χ2n) is 8.55. The van der Waals surface area contributed by atoms with Gasteiger partial charge in [0.25, 0.3) is 0 Å². The van der Waals surface area contributed by atoms with Crippen LogP contribution in [0.2, 0.25) is 0 Å². The van der Waals surface area contributed by atoms with Gasteiger partial charge in [-0.1, -0.05) is 6.42 Å². The first-order valence-corrected chi connectivity index (χ1v) is 10.1. The maximum Gasteiger partial charge on any atom is 0.224 e. The van der Waals surface area contributed by atoms with Crippen molar-refractivity contribution in [2.24, 2.45) is 17.3 Å². The molecule has 3 aliphatic rings. The number of aromatic nitrogens is 3. The van der Waals surface area contributed by atoms with Gasteiger partial charge in [-0.2, -0.15) is 0 Å². The Morgan fingerprint density at radius 2 is 2.22 bits per heavy atom. The molecule has 3 fully saturated rings. The molecule has 2 saturated carbocycles. The van der Waals surface area contributed by atoms with E-state index < -0.39 is 0 Å². The summed E-state index contributed by atoms with van der Waals surface area (Å²) in [5, 5.41) is 13.9. The van der Waals surface area contributed by atoms with Crippen LogP contribution in [0.25, 0.3) is 11.0 Å². The summed E-state index contributed by atoms with van der Waals surface area (Å²) in [5.74, 6) is 1.62. The van der Waals surface area contributed by atoms with Crippen molar-refractivity contribution in [1.29, 1.82) is 0 Å². The molecule has 7 heteroatoms. The molecule has 5 rings (SSSR count). The molecule has 144 valence electrons. The van der Waals surface area contributed by atoms with E-state index in [-0.39, 0.29) is 29.9 Å². The molecule has 2 aromatic heterocycles. The number of aliphatic hydroxyl groups is 1. The van der Waals surface area contributed by atoms with Crippen molar-refractivity contribution >= 4 is 22.8 Å². The number of hydrogen-bond donors (Lipinski definition) is 3. The summed E-state index contributed by atoms with van der Waals surface area (Å²) >= 11 is 0. The molecule has 2 aromatic rings. The normalized spacial score (nSPS) is 25.4. The van der Waals surface area contributed by atoms with Crippen LogP contribution >= 0.6 is 0 Å². The fraction of sp³-hybridized carbons (Fsp3) is 0.650. The lowest BCUT2D eigenvalue weighted by atomic mass is 9.78. The SMILES string of the molecule is O=C(N[C@@H](CO)C1CCC1)C1CCN(c2ncnc3[nH]ccc23)CC12CC2. The number of fused-ring (bicyclic) bond motifs is 1. The number of amides is 1. The van der Waals surface area contributed by atoms with Crippen LogP contribution in [0.3, 0.4) is 0 Å². The number of hydrogen-bond acceptors (Lipinski definition) is 5. The van der Waals surface area contributed by atoms with Crippen molar-refractivity contribution in [3.05, 3.63) is 18.6 Å². The van der Waals surface area contributed by atoms with Crippen LogP contribution in [0.5, 0.6) is 0 Å². The monoisotopic (exact) mass is 369 g/mol. The van der Waals surface area contributed by atoms with Gasteiger partial charge in [0.1, 0.15) is 17.8 Å². The zero-order chi connectivity index (χ0) is 18.4. The fourth-order valence-electron chi connectivity index (χ4n) is 4.97. The number of aliphatic hydroxyl groups excluding tert-OH is 1. The van der Waals surface area contributed by atoms with E-state index in [0.717, 1.165) is 62.0 Å². The topological polar surface area (TPSA) is 94.1 Å². The first kappa shape index (κ1) is 17.0. The van der Waals surface area contributed by atoms with Gasteiger partial charge in [-0.3, -0.25) is 4.79 Å². The molecule has 2 aliphatic carbocycles. The number of carbonyl (C=O) groups excluding carboxylic acids is 1. The number of aromatic amines is 1. The van der Waals surface area contributed by atoms with Crippen molar-refractivity contribution in [3.8, 4) is 0 Å². The van der Waals surface area contributed by atoms with Crippen molar-refractivity contribution in [3.63, 3.8) is 0 Å². The Kier molecular flexibility index (Phi) is 4.07. The van der Waals surface area contributed by atoms with Gasteiger partial charge >= 0.3 is 0 Å². The fourth-order valence-corrected chi connectivity index (χ4v) is 4.97. The molecular formula is C20H27N5O2. The highest BCUT2D eigenvalue weighted by Crippen LogP contribution is 2.56. The number of H-pyrrole nitrogens is 1. The minimum atomic E-state index is -0.0681. The summed E-state index contributed by atoms with van der Waals surface area (Å²) in [5.41, 5.74) is 0.922. The Balaban J connectivity index is 1.31. The zero-order valence-electron chi connectivity index (χ0n) is 15.5. The predicted octanol–water partition coefficient (Wildman–Crippen LogP) is 1.84. The van der Waals surface area contributed by atoms with Crippen LogP contribution in [0, 0.1) is 17.3 Å². The smallest absolute Gasteiger partial charge is 0.224 e. The molecular weight excluding hydrogens is 342 g/mol. The molecule has 1 aliphatic heterocycles. The van der Waals surface area contributed by atoms with Crippen LogP contribution in [-0.4, -0.2) is 51.7 Å². The highest BCUT2D eigenvalue weighted by atomic mass is 16.3. The zero-order valence-corrected chi connectivity index (χ0v) is 15.5. The average molecular weight is 369 g/mol. The lowest BCUT2D eigenvalue weighted by molar-refractivity contribution is -0.129. The van der Waals surface area contributed by atoms with Gasteiger partial charge in [0, 0.05) is 25.2 Å². The Hall–Kier alpha value is -2.15. The van der Waals surface area contributed by atoms with E-state index in [4.69, 9.17) is 0 Å². The van der Waals surface area contributed by atoms with E-state index in [9.17, 15) is 9.90 Å². The van der Waals surface area contributed by atoms with Gasteiger partial charge in [0.05, 0.1) is 18.0 Å². The summed E-state index contributed by atoms with van der Waals surface area (Å²) in [4.78, 5) is 27.3. The standard InChI is InChI=1S/C20H27N5O2/c26-10-16(13-2-1-3-13)24-19(27)15-5-9-25(11-20(15)6-7-20)18-14-4-8-21-17(14)22-12-23-18/h4,8,12-13,15-16,26H,1-3,5-7,9-11H2,(H,24,27)(H,21,22,23)/t15?,16-/m0/s1. The van der Waals surface area contributed by atoms with Crippen LogP contribution in [0.15, 0.2) is 18.6 Å². The Morgan fingerprint density at radius 3 is 2.93 bits per heavy atom. The van der Waals surface area contributed by atoms with Crippen molar-refractivity contribution in [2.45, 2.75) is 44.6 Å². The van der Waals surface area contributed by atoms with Crippen LogP contribution in [0.1, 0.15) is 38.5 Å². The molecule has 27 heavy (non-hydrogen) atoms. The second kappa shape index (κ2) is 6.48. The number of nitrogens with one attached hydrogen (secondary N) is 2. The van der Waals surface area contributed by atoms with Crippen LogP contribution in [0.4, 0.5) is 5.82 Å². The number of nitrogens with zero attached hydrogens (tertiary/aromatic N) is 3. The third kappa shape index (κ3) is 2.88. The highest BCUT2D eigenvalue weighted by molar-refractivity contribution is 5.87. The molecule has 3 N–H and O–H groups in total. The molecule has 0 bridgehead atoms.